The Balaban J connectivity index is 1.69. The summed E-state index contributed by atoms with van der Waals surface area (Å²) in [6.07, 6.45) is 3.46. The second-order valence-electron chi connectivity index (χ2n) is 10.6. The van der Waals surface area contributed by atoms with Gasteiger partial charge in [-0.25, -0.2) is 4.79 Å². The maximum atomic E-state index is 12.9. The van der Waals surface area contributed by atoms with Crippen molar-refractivity contribution >= 4 is 53.2 Å². The molecule has 48 heavy (non-hydrogen) atoms. The number of Topliss-reactive ketones (excluding diaryl/α,β-unsaturated/α-hetero) is 1. The predicted octanol–water partition coefficient (Wildman–Crippen LogP) is -2.02. The van der Waals surface area contributed by atoms with Gasteiger partial charge in [-0.1, -0.05) is 36.8 Å². The first-order valence-corrected chi connectivity index (χ1v) is 15.3. The second-order valence-corrected chi connectivity index (χ2v) is 10.6. The first kappa shape index (κ1) is 38.6. The lowest BCUT2D eigenvalue weighted by molar-refractivity contribution is -0.137. The maximum Gasteiger partial charge on any atom is 0.407 e. The highest BCUT2D eigenvalue weighted by Crippen LogP contribution is 2.08. The van der Waals surface area contributed by atoms with Crippen molar-refractivity contribution < 1.29 is 47.9 Å². The highest BCUT2D eigenvalue weighted by Gasteiger charge is 2.23. The summed E-state index contributed by atoms with van der Waals surface area (Å²) in [7, 11) is 0. The molecule has 0 bridgehead atoms. The number of carbonyl (C=O) groups excluding carboxylic acids is 9. The molecule has 1 aliphatic heterocycles. The third-order valence-electron chi connectivity index (χ3n) is 6.56. The molecule has 0 fully saturated rings. The first-order chi connectivity index (χ1) is 22.9. The molecule has 0 spiro atoms. The lowest BCUT2D eigenvalue weighted by Gasteiger charge is -2.19. The van der Waals surface area contributed by atoms with E-state index in [2.05, 4.69) is 36.6 Å². The zero-order valence-electron chi connectivity index (χ0n) is 26.6. The Labute approximate surface area is 276 Å². The molecule has 0 aromatic heterocycles. The number of hydrogen-bond donors (Lipinski definition) is 6. The van der Waals surface area contributed by atoms with Gasteiger partial charge >= 0.3 is 6.09 Å². The van der Waals surface area contributed by atoms with Crippen LogP contribution in [0, 0.1) is 0 Å². The van der Waals surface area contributed by atoms with E-state index in [9.17, 15) is 43.2 Å². The Morgan fingerprint density at radius 2 is 1.31 bits per heavy atom. The quantitative estimate of drug-likeness (QED) is 0.0620. The van der Waals surface area contributed by atoms with Crippen LogP contribution in [-0.2, 0) is 49.5 Å². The molecular formula is C31H41N7O10. The fourth-order valence-electron chi connectivity index (χ4n) is 4.13. The van der Waals surface area contributed by atoms with Gasteiger partial charge in [-0.05, 0) is 25.3 Å². The number of nitrogens with one attached hydrogen (secondary N) is 6. The predicted molar refractivity (Wildman–Crippen MR) is 168 cm³/mol. The van der Waals surface area contributed by atoms with E-state index in [4.69, 9.17) is 0 Å². The Bertz CT molecular complexity index is 1350. The van der Waals surface area contributed by atoms with E-state index in [-0.39, 0.29) is 69.1 Å². The van der Waals surface area contributed by atoms with Crippen molar-refractivity contribution in [1.82, 2.24) is 36.8 Å². The van der Waals surface area contributed by atoms with Crippen molar-refractivity contribution in [3.63, 3.8) is 0 Å². The van der Waals surface area contributed by atoms with Gasteiger partial charge in [-0.15, -0.1) is 0 Å². The summed E-state index contributed by atoms with van der Waals surface area (Å²) in [6, 6.07) is 7.73. The lowest BCUT2D eigenvalue weighted by Crippen LogP contribution is -2.52. The molecule has 8 amide bonds. The Morgan fingerprint density at radius 3 is 2.00 bits per heavy atom. The van der Waals surface area contributed by atoms with E-state index in [1.807, 2.05) is 0 Å². The van der Waals surface area contributed by atoms with Gasteiger partial charge in [0.05, 0.1) is 19.6 Å². The number of carbonyl (C=O) groups is 9. The summed E-state index contributed by atoms with van der Waals surface area (Å²) in [6.45, 7) is -0.0523. The third-order valence-corrected chi connectivity index (χ3v) is 6.56. The smallest absolute Gasteiger partial charge is 0.407 e. The van der Waals surface area contributed by atoms with Crippen LogP contribution in [0.2, 0.25) is 0 Å². The van der Waals surface area contributed by atoms with Crippen molar-refractivity contribution in [1.29, 1.82) is 0 Å². The van der Waals surface area contributed by atoms with E-state index in [0.717, 1.165) is 10.5 Å². The van der Waals surface area contributed by atoms with Crippen LogP contribution in [0.25, 0.3) is 0 Å². The van der Waals surface area contributed by atoms with Gasteiger partial charge in [0.15, 0.2) is 12.4 Å². The molecule has 0 saturated heterocycles. The number of imide groups is 1. The van der Waals surface area contributed by atoms with Crippen LogP contribution >= 0.6 is 0 Å². The molecule has 1 atom stereocenters. The zero-order valence-corrected chi connectivity index (χ0v) is 26.6. The van der Waals surface area contributed by atoms with Crippen molar-refractivity contribution in [3.05, 3.63) is 48.0 Å². The molecular weight excluding hydrogens is 630 g/mol. The van der Waals surface area contributed by atoms with Crippen molar-refractivity contribution in [3.8, 4) is 0 Å². The van der Waals surface area contributed by atoms with Crippen molar-refractivity contribution in [2.75, 3.05) is 45.9 Å². The normalized spacial score (nSPS) is 12.5. The van der Waals surface area contributed by atoms with Crippen LogP contribution in [0.3, 0.4) is 0 Å². The molecule has 0 radical (unpaired) electrons. The molecule has 0 unspecified atom stereocenters. The van der Waals surface area contributed by atoms with Gasteiger partial charge in [0.25, 0.3) is 11.8 Å². The van der Waals surface area contributed by atoms with Gasteiger partial charge in [0.2, 0.25) is 29.5 Å². The molecule has 0 aliphatic carbocycles. The number of rotatable bonds is 21. The van der Waals surface area contributed by atoms with Crippen LogP contribution in [0.15, 0.2) is 42.5 Å². The Hall–Kier alpha value is -5.61. The van der Waals surface area contributed by atoms with Crippen LogP contribution in [0.4, 0.5) is 4.79 Å². The van der Waals surface area contributed by atoms with E-state index in [1.165, 1.54) is 19.1 Å². The minimum Gasteiger partial charge on any atom is -0.442 e. The lowest BCUT2D eigenvalue weighted by atomic mass is 10.1. The van der Waals surface area contributed by atoms with E-state index in [0.29, 0.717) is 19.3 Å². The average molecular weight is 672 g/mol. The van der Waals surface area contributed by atoms with E-state index >= 15 is 0 Å². The molecule has 2 rings (SSSR count). The number of benzene rings is 1. The van der Waals surface area contributed by atoms with Gasteiger partial charge in [-0.2, -0.15) is 0 Å². The highest BCUT2D eigenvalue weighted by atomic mass is 16.5. The maximum absolute atomic E-state index is 12.9. The minimum absolute atomic E-state index is 0.0177. The summed E-state index contributed by atoms with van der Waals surface area (Å²) in [5.74, 6) is -3.93. The number of amides is 8. The van der Waals surface area contributed by atoms with Gasteiger partial charge in [0, 0.05) is 44.6 Å². The van der Waals surface area contributed by atoms with Crippen LogP contribution in [0.5, 0.6) is 0 Å². The van der Waals surface area contributed by atoms with Crippen LogP contribution < -0.4 is 31.9 Å². The molecule has 17 nitrogen and oxygen atoms in total. The van der Waals surface area contributed by atoms with Crippen LogP contribution in [-0.4, -0.2) is 110 Å². The highest BCUT2D eigenvalue weighted by molar-refractivity contribution is 6.12. The summed E-state index contributed by atoms with van der Waals surface area (Å²) < 4.78 is 4.62. The molecule has 260 valence electrons. The topological polar surface area (TPSA) is 238 Å². The average Bonchev–Trinajstić information content (AvgIpc) is 3.38. The van der Waals surface area contributed by atoms with Crippen LogP contribution in [0.1, 0.15) is 38.2 Å². The van der Waals surface area contributed by atoms with Gasteiger partial charge in [-0.3, -0.25) is 43.3 Å². The molecule has 1 heterocycles. The SMILES string of the molecule is CC(=O)COC(=O)NCCNC(=O)CNC(=O)[C@H](Cc1ccccc1)NC(=O)CNC(=O)CNC(=O)CCCCCN1C(=O)C=CC1=O. The van der Waals surface area contributed by atoms with E-state index < -0.39 is 48.9 Å². The number of nitrogens with zero attached hydrogens (tertiary/aromatic N) is 1. The third kappa shape index (κ3) is 16.1. The largest absolute Gasteiger partial charge is 0.442 e. The zero-order chi connectivity index (χ0) is 35.3. The fraction of sp³-hybridized carbons (Fsp3) is 0.452. The molecule has 17 heteroatoms. The standard InChI is InChI=1S/C31H41N7O10/c1-21(39)20-48-31(47)33-14-13-32-25(41)18-36-30(46)23(16-22-8-4-2-5-9-22)37-27(43)19-35-26(42)17-34-24(40)10-6-3-7-15-38-28(44)11-12-29(38)45/h2,4-5,8-9,11-12,23H,3,6-7,10,13-20H2,1H3,(H,32,41)(H,33,47)(H,34,40)(H,35,42)(H,36,46)(H,37,43)/t23-/m0/s1. The number of ketones is 1. The van der Waals surface area contributed by atoms with E-state index in [1.54, 1.807) is 30.3 Å². The molecule has 1 aromatic rings. The molecule has 6 N–H and O–H groups in total. The second kappa shape index (κ2) is 21.2. The summed E-state index contributed by atoms with van der Waals surface area (Å²) in [4.78, 5) is 108. The Morgan fingerprint density at radius 1 is 0.708 bits per heavy atom. The molecule has 0 saturated carbocycles. The number of ether oxygens (including phenoxy) is 1. The summed E-state index contributed by atoms with van der Waals surface area (Å²) in [5.41, 5.74) is 0.729. The summed E-state index contributed by atoms with van der Waals surface area (Å²) >= 11 is 0. The van der Waals surface area contributed by atoms with Gasteiger partial charge < -0.3 is 36.6 Å². The first-order valence-electron chi connectivity index (χ1n) is 15.3. The minimum atomic E-state index is -1.08. The molecule has 1 aromatic carbocycles. The Kier molecular flexibility index (Phi) is 17.1. The number of hydrogen-bond acceptors (Lipinski definition) is 10. The van der Waals surface area contributed by atoms with Crippen molar-refractivity contribution in [2.24, 2.45) is 0 Å². The molecule has 1 aliphatic rings. The van der Waals surface area contributed by atoms with Gasteiger partial charge in [0.1, 0.15) is 6.04 Å². The van der Waals surface area contributed by atoms with Crippen molar-refractivity contribution in [2.45, 2.75) is 45.1 Å². The monoisotopic (exact) mass is 671 g/mol. The number of alkyl carbamates (subject to hydrolysis) is 1. The summed E-state index contributed by atoms with van der Waals surface area (Å²) in [5, 5.41) is 14.6. The number of unbranched alkanes of at least 4 members (excludes halogenated alkanes) is 2. The fourth-order valence-corrected chi connectivity index (χ4v) is 4.13.